The van der Waals surface area contributed by atoms with Crippen molar-refractivity contribution in [2.24, 2.45) is 0 Å². The van der Waals surface area contributed by atoms with Crippen LogP contribution in [0.15, 0.2) is 53.3 Å². The van der Waals surface area contributed by atoms with Gasteiger partial charge in [-0.1, -0.05) is 23.7 Å². The van der Waals surface area contributed by atoms with Crippen molar-refractivity contribution in [3.8, 4) is 5.69 Å². The summed E-state index contributed by atoms with van der Waals surface area (Å²) in [6.07, 6.45) is 0. The minimum Gasteiger partial charge on any atom is -0.305 e. The number of aromatic amines is 1. The van der Waals surface area contributed by atoms with Gasteiger partial charge in [0, 0.05) is 5.02 Å². The molecule has 0 aliphatic heterocycles. The standard InChI is InChI=1S/C13H9ClN2O/c14-9-5-7-10(8-6-9)16-12-4-2-1-3-11(12)15-13(16)17/h1-8H,(H,15,17). The molecule has 0 bridgehead atoms. The molecule has 84 valence electrons. The number of nitrogens with zero attached hydrogens (tertiary/aromatic N) is 1. The zero-order chi connectivity index (χ0) is 11.8. The fourth-order valence-corrected chi connectivity index (χ4v) is 2.03. The van der Waals surface area contributed by atoms with E-state index in [0.717, 1.165) is 16.7 Å². The highest BCUT2D eigenvalue weighted by Gasteiger charge is 2.07. The van der Waals surface area contributed by atoms with E-state index in [0.29, 0.717) is 5.02 Å². The van der Waals surface area contributed by atoms with Crippen molar-refractivity contribution in [1.29, 1.82) is 0 Å². The van der Waals surface area contributed by atoms with Crippen molar-refractivity contribution in [1.82, 2.24) is 9.55 Å². The molecule has 1 heterocycles. The fourth-order valence-electron chi connectivity index (χ4n) is 1.90. The molecule has 4 heteroatoms. The van der Waals surface area contributed by atoms with Gasteiger partial charge in [-0.25, -0.2) is 4.79 Å². The molecule has 1 aromatic heterocycles. The molecule has 0 saturated carbocycles. The Morgan fingerprint density at radius 3 is 2.47 bits per heavy atom. The first-order chi connectivity index (χ1) is 8.25. The van der Waals surface area contributed by atoms with E-state index in [1.807, 2.05) is 36.4 Å². The lowest BCUT2D eigenvalue weighted by atomic mass is 10.3. The summed E-state index contributed by atoms with van der Waals surface area (Å²) in [4.78, 5) is 14.7. The Morgan fingerprint density at radius 2 is 1.71 bits per heavy atom. The number of hydrogen-bond donors (Lipinski definition) is 1. The van der Waals surface area contributed by atoms with Crippen LogP contribution >= 0.6 is 11.6 Å². The third-order valence-corrected chi connectivity index (χ3v) is 2.93. The van der Waals surface area contributed by atoms with Crippen molar-refractivity contribution < 1.29 is 0 Å². The zero-order valence-corrected chi connectivity index (χ0v) is 9.61. The molecule has 0 atom stereocenters. The van der Waals surface area contributed by atoms with Crippen LogP contribution < -0.4 is 5.69 Å². The van der Waals surface area contributed by atoms with Crippen molar-refractivity contribution in [3.05, 3.63) is 64.0 Å². The van der Waals surface area contributed by atoms with Crippen molar-refractivity contribution >= 4 is 22.6 Å². The van der Waals surface area contributed by atoms with Gasteiger partial charge < -0.3 is 4.98 Å². The Balaban J connectivity index is 2.33. The van der Waals surface area contributed by atoms with Crippen molar-refractivity contribution in [2.75, 3.05) is 0 Å². The number of hydrogen-bond acceptors (Lipinski definition) is 1. The van der Waals surface area contributed by atoms with Crippen LogP contribution in [0.25, 0.3) is 16.7 Å². The number of halogens is 1. The smallest absolute Gasteiger partial charge is 0.305 e. The average Bonchev–Trinajstić information content (AvgIpc) is 2.66. The third kappa shape index (κ3) is 1.65. The molecule has 17 heavy (non-hydrogen) atoms. The van der Waals surface area contributed by atoms with Crippen LogP contribution in [-0.4, -0.2) is 9.55 Å². The molecular weight excluding hydrogens is 236 g/mol. The number of benzene rings is 2. The number of imidazole rings is 1. The maximum Gasteiger partial charge on any atom is 0.331 e. The van der Waals surface area contributed by atoms with Crippen LogP contribution in [0.5, 0.6) is 0 Å². The number of rotatable bonds is 1. The van der Waals surface area contributed by atoms with Gasteiger partial charge in [0.1, 0.15) is 0 Å². The topological polar surface area (TPSA) is 37.8 Å². The largest absolute Gasteiger partial charge is 0.331 e. The van der Waals surface area contributed by atoms with Crippen LogP contribution in [0.4, 0.5) is 0 Å². The maximum atomic E-state index is 11.9. The lowest BCUT2D eigenvalue weighted by Gasteiger charge is -2.02. The number of aromatic nitrogens is 2. The second-order valence-electron chi connectivity index (χ2n) is 3.76. The molecule has 3 rings (SSSR count). The first kappa shape index (κ1) is 10.2. The fraction of sp³-hybridized carbons (Fsp3) is 0. The molecule has 3 aromatic rings. The maximum absolute atomic E-state index is 11.9. The molecule has 0 spiro atoms. The van der Waals surface area contributed by atoms with Crippen molar-refractivity contribution in [2.45, 2.75) is 0 Å². The highest BCUT2D eigenvalue weighted by atomic mass is 35.5. The summed E-state index contributed by atoms with van der Waals surface area (Å²) < 4.78 is 1.63. The third-order valence-electron chi connectivity index (χ3n) is 2.67. The van der Waals surface area contributed by atoms with E-state index >= 15 is 0 Å². The number of para-hydroxylation sites is 2. The second-order valence-corrected chi connectivity index (χ2v) is 4.20. The number of H-pyrrole nitrogens is 1. The quantitative estimate of drug-likeness (QED) is 0.702. The van der Waals surface area contributed by atoms with E-state index < -0.39 is 0 Å². The van der Waals surface area contributed by atoms with E-state index in [1.54, 1.807) is 16.7 Å². The van der Waals surface area contributed by atoms with Crippen LogP contribution in [0.1, 0.15) is 0 Å². The van der Waals surface area contributed by atoms with Crippen LogP contribution in [0, 0.1) is 0 Å². The summed E-state index contributed by atoms with van der Waals surface area (Å²) in [7, 11) is 0. The summed E-state index contributed by atoms with van der Waals surface area (Å²) >= 11 is 5.84. The second kappa shape index (κ2) is 3.79. The van der Waals surface area contributed by atoms with Gasteiger partial charge in [0.2, 0.25) is 0 Å². The van der Waals surface area contributed by atoms with Crippen LogP contribution in [-0.2, 0) is 0 Å². The Hall–Kier alpha value is -2.00. The van der Waals surface area contributed by atoms with Gasteiger partial charge >= 0.3 is 5.69 Å². The summed E-state index contributed by atoms with van der Waals surface area (Å²) in [6.45, 7) is 0. The number of nitrogens with one attached hydrogen (secondary N) is 1. The lowest BCUT2D eigenvalue weighted by molar-refractivity contribution is 1.02. The predicted octanol–water partition coefficient (Wildman–Crippen LogP) is 2.97. The first-order valence-electron chi connectivity index (χ1n) is 5.21. The number of fused-ring (bicyclic) bond motifs is 1. The van der Waals surface area contributed by atoms with Gasteiger partial charge in [-0.05, 0) is 36.4 Å². The molecule has 1 N–H and O–H groups in total. The molecule has 0 unspecified atom stereocenters. The molecule has 0 saturated heterocycles. The summed E-state index contributed by atoms with van der Waals surface area (Å²) in [6, 6.07) is 14.8. The average molecular weight is 245 g/mol. The van der Waals surface area contributed by atoms with Crippen LogP contribution in [0.2, 0.25) is 5.02 Å². The minimum absolute atomic E-state index is 0.145. The first-order valence-corrected chi connectivity index (χ1v) is 5.59. The minimum atomic E-state index is -0.145. The molecule has 3 nitrogen and oxygen atoms in total. The summed E-state index contributed by atoms with van der Waals surface area (Å²) in [5.74, 6) is 0. The Labute approximate surface area is 102 Å². The summed E-state index contributed by atoms with van der Waals surface area (Å²) in [5, 5.41) is 0.654. The molecule has 2 aromatic carbocycles. The van der Waals surface area contributed by atoms with Gasteiger partial charge in [-0.3, -0.25) is 4.57 Å². The molecule has 0 aliphatic carbocycles. The predicted molar refractivity (Wildman–Crippen MR) is 68.9 cm³/mol. The highest BCUT2D eigenvalue weighted by molar-refractivity contribution is 6.30. The van der Waals surface area contributed by atoms with Crippen molar-refractivity contribution in [3.63, 3.8) is 0 Å². The van der Waals surface area contributed by atoms with E-state index in [9.17, 15) is 4.79 Å². The Bertz CT molecular complexity index is 725. The van der Waals surface area contributed by atoms with Gasteiger partial charge in [-0.15, -0.1) is 0 Å². The molecule has 0 radical (unpaired) electrons. The normalized spacial score (nSPS) is 10.9. The zero-order valence-electron chi connectivity index (χ0n) is 8.85. The van der Waals surface area contributed by atoms with E-state index in [1.165, 1.54) is 0 Å². The lowest BCUT2D eigenvalue weighted by Crippen LogP contribution is -2.14. The van der Waals surface area contributed by atoms with E-state index in [4.69, 9.17) is 11.6 Å². The molecular formula is C13H9ClN2O. The van der Waals surface area contributed by atoms with Gasteiger partial charge in [0.25, 0.3) is 0 Å². The molecule has 0 amide bonds. The van der Waals surface area contributed by atoms with Gasteiger partial charge in [0.15, 0.2) is 0 Å². The van der Waals surface area contributed by atoms with E-state index in [-0.39, 0.29) is 5.69 Å². The Kier molecular flexibility index (Phi) is 2.27. The van der Waals surface area contributed by atoms with E-state index in [2.05, 4.69) is 4.98 Å². The monoisotopic (exact) mass is 244 g/mol. The highest BCUT2D eigenvalue weighted by Crippen LogP contribution is 2.17. The van der Waals surface area contributed by atoms with Crippen LogP contribution in [0.3, 0.4) is 0 Å². The molecule has 0 aliphatic rings. The summed E-state index contributed by atoms with van der Waals surface area (Å²) in [5.41, 5.74) is 2.35. The SMILES string of the molecule is O=c1[nH]c2ccccc2n1-c1ccc(Cl)cc1. The Morgan fingerprint density at radius 1 is 1.00 bits per heavy atom. The van der Waals surface area contributed by atoms with Gasteiger partial charge in [-0.2, -0.15) is 0 Å². The van der Waals surface area contributed by atoms with Gasteiger partial charge in [0.05, 0.1) is 16.7 Å². The molecule has 0 fully saturated rings.